The number of carbonyl (C=O) groups excluding carboxylic acids is 3. The second kappa shape index (κ2) is 7.16. The first-order valence-corrected chi connectivity index (χ1v) is 10.1. The van der Waals surface area contributed by atoms with Gasteiger partial charge >= 0.3 is 0 Å². The molecule has 3 unspecified atom stereocenters. The van der Waals surface area contributed by atoms with Crippen LogP contribution in [-0.4, -0.2) is 68.5 Å². The van der Waals surface area contributed by atoms with Gasteiger partial charge in [0.15, 0.2) is 11.4 Å². The summed E-state index contributed by atoms with van der Waals surface area (Å²) in [6.45, 7) is 0.130. The van der Waals surface area contributed by atoms with Crippen molar-refractivity contribution in [1.82, 2.24) is 4.90 Å². The van der Waals surface area contributed by atoms with E-state index in [-0.39, 0.29) is 36.3 Å². The quantitative estimate of drug-likeness (QED) is 0.337. The fourth-order valence-corrected chi connectivity index (χ4v) is 5.51. The molecule has 0 fully saturated rings. The van der Waals surface area contributed by atoms with Crippen LogP contribution in [0.4, 0.5) is 0 Å². The predicted octanol–water partition coefficient (Wildman–Crippen LogP) is -0.421. The lowest BCUT2D eigenvalue weighted by atomic mass is 9.58. The number of amides is 1. The van der Waals surface area contributed by atoms with Crippen LogP contribution in [0.15, 0.2) is 34.8 Å². The number of allylic oxidation sites excluding steroid dienone is 1. The summed E-state index contributed by atoms with van der Waals surface area (Å²) in [7, 11) is 3.16. The van der Waals surface area contributed by atoms with E-state index < -0.39 is 58.0 Å². The van der Waals surface area contributed by atoms with Crippen LogP contribution in [0.25, 0.3) is 0 Å². The number of rotatable bonds is 3. The number of aromatic hydroxyl groups is 1. The maximum atomic E-state index is 13.4. The van der Waals surface area contributed by atoms with Gasteiger partial charge in [0.05, 0.1) is 11.6 Å². The van der Waals surface area contributed by atoms with Gasteiger partial charge in [-0.2, -0.15) is 0 Å². The summed E-state index contributed by atoms with van der Waals surface area (Å²) in [4.78, 5) is 40.0. The molecular weight excluding hydrogens is 418 g/mol. The topological polar surface area (TPSA) is 187 Å². The number of aliphatic hydroxyl groups excluding tert-OH is 2. The molecule has 3 aliphatic rings. The molecule has 4 rings (SSSR count). The van der Waals surface area contributed by atoms with E-state index in [0.29, 0.717) is 11.1 Å². The molecule has 1 aromatic rings. The first kappa shape index (κ1) is 22.0. The van der Waals surface area contributed by atoms with E-state index in [0.717, 1.165) is 0 Å². The third-order valence-corrected chi connectivity index (χ3v) is 6.92. The van der Waals surface area contributed by atoms with Gasteiger partial charge in [0.1, 0.15) is 22.8 Å². The minimum atomic E-state index is -2.63. The van der Waals surface area contributed by atoms with Gasteiger partial charge in [-0.15, -0.1) is 0 Å². The van der Waals surface area contributed by atoms with Gasteiger partial charge in [-0.1, -0.05) is 6.07 Å². The highest BCUT2D eigenvalue weighted by Crippen LogP contribution is 2.52. The largest absolute Gasteiger partial charge is 0.510 e. The molecule has 10 heteroatoms. The van der Waals surface area contributed by atoms with E-state index in [1.54, 1.807) is 20.2 Å². The molecule has 1 amide bonds. The minimum Gasteiger partial charge on any atom is -0.510 e. The van der Waals surface area contributed by atoms with Crippen LogP contribution in [0, 0.1) is 11.8 Å². The van der Waals surface area contributed by atoms with Crippen LogP contribution in [0.1, 0.15) is 27.9 Å². The molecule has 0 radical (unpaired) electrons. The van der Waals surface area contributed by atoms with E-state index in [1.165, 1.54) is 11.0 Å². The summed E-state index contributed by atoms with van der Waals surface area (Å²) >= 11 is 0. The van der Waals surface area contributed by atoms with Crippen molar-refractivity contribution in [3.63, 3.8) is 0 Å². The molecular formula is C22H25N3O7. The van der Waals surface area contributed by atoms with E-state index in [2.05, 4.69) is 0 Å². The number of ketones is 2. The molecule has 8 N–H and O–H groups in total. The molecule has 4 atom stereocenters. The van der Waals surface area contributed by atoms with Crippen molar-refractivity contribution in [2.45, 2.75) is 31.0 Å². The first-order chi connectivity index (χ1) is 15.0. The highest BCUT2D eigenvalue weighted by Gasteiger charge is 2.63. The van der Waals surface area contributed by atoms with Crippen molar-refractivity contribution in [1.29, 1.82) is 0 Å². The van der Waals surface area contributed by atoms with Crippen LogP contribution < -0.4 is 11.5 Å². The number of phenols is 1. The van der Waals surface area contributed by atoms with Gasteiger partial charge in [-0.25, -0.2) is 0 Å². The number of benzene rings is 1. The number of nitrogens with two attached hydrogens (primary N) is 2. The van der Waals surface area contributed by atoms with Crippen LogP contribution in [0.3, 0.4) is 0 Å². The number of carbonyl (C=O) groups is 3. The molecule has 3 aliphatic carbocycles. The van der Waals surface area contributed by atoms with Crippen molar-refractivity contribution in [2.24, 2.45) is 23.3 Å². The van der Waals surface area contributed by atoms with Crippen molar-refractivity contribution >= 4 is 17.5 Å². The Bertz CT molecular complexity index is 1140. The normalized spacial score (nSPS) is 29.7. The monoisotopic (exact) mass is 443 g/mol. The zero-order valence-corrected chi connectivity index (χ0v) is 17.6. The van der Waals surface area contributed by atoms with Gasteiger partial charge in [-0.3, -0.25) is 19.3 Å². The molecule has 10 nitrogen and oxygen atoms in total. The molecule has 0 aromatic heterocycles. The number of Topliss-reactive ketones (excluding diaryl/α,β-unsaturated/α-hetero) is 2. The smallest absolute Gasteiger partial charge is 0.255 e. The lowest BCUT2D eigenvalue weighted by molar-refractivity contribution is -0.148. The third-order valence-electron chi connectivity index (χ3n) is 6.92. The van der Waals surface area contributed by atoms with Crippen LogP contribution in [0.5, 0.6) is 5.75 Å². The number of fused-ring (bicyclic) bond motifs is 3. The molecule has 32 heavy (non-hydrogen) atoms. The summed E-state index contributed by atoms with van der Waals surface area (Å²) in [5, 5.41) is 43.6. The molecule has 0 heterocycles. The van der Waals surface area contributed by atoms with Crippen molar-refractivity contribution < 1.29 is 34.8 Å². The molecule has 0 saturated heterocycles. The lowest BCUT2D eigenvalue weighted by Crippen LogP contribution is -2.63. The SMILES string of the molecule is CN(C)C1C(O)=C(C(N)=O)C(=O)[C@@]2(O)C(O)=C3C(=O)c4c(O)ccc(CN)c4CC3CC12. The van der Waals surface area contributed by atoms with Gasteiger partial charge in [0, 0.05) is 18.0 Å². The average Bonchev–Trinajstić information content (AvgIpc) is 2.70. The Kier molecular flexibility index (Phi) is 4.92. The van der Waals surface area contributed by atoms with Gasteiger partial charge in [-0.05, 0) is 50.0 Å². The Hall–Kier alpha value is -3.21. The Labute approximate surface area is 183 Å². The number of likely N-dealkylation sites (N-methyl/N-ethyl adjacent to an activating group) is 1. The zero-order valence-electron chi connectivity index (χ0n) is 17.6. The van der Waals surface area contributed by atoms with E-state index in [4.69, 9.17) is 11.5 Å². The van der Waals surface area contributed by atoms with Crippen molar-refractivity contribution in [2.75, 3.05) is 14.1 Å². The third kappa shape index (κ3) is 2.66. The molecule has 170 valence electrons. The number of hydrogen-bond acceptors (Lipinski definition) is 9. The maximum absolute atomic E-state index is 13.4. The average molecular weight is 443 g/mol. The summed E-state index contributed by atoms with van der Waals surface area (Å²) in [6.07, 6.45) is 0.279. The van der Waals surface area contributed by atoms with Gasteiger partial charge < -0.3 is 31.9 Å². The Morgan fingerprint density at radius 2 is 1.88 bits per heavy atom. The summed E-state index contributed by atoms with van der Waals surface area (Å²) in [5.41, 5.74) is 8.63. The maximum Gasteiger partial charge on any atom is 0.255 e. The highest BCUT2D eigenvalue weighted by molar-refractivity contribution is 6.24. The molecule has 1 aromatic carbocycles. The fraction of sp³-hybridized carbons (Fsp3) is 0.409. The molecule has 0 aliphatic heterocycles. The Morgan fingerprint density at radius 1 is 1.22 bits per heavy atom. The second-order valence-corrected chi connectivity index (χ2v) is 8.76. The molecule has 0 bridgehead atoms. The number of nitrogens with zero attached hydrogens (tertiary/aromatic N) is 1. The van der Waals surface area contributed by atoms with Crippen LogP contribution in [-0.2, 0) is 22.6 Å². The zero-order chi connectivity index (χ0) is 23.7. The minimum absolute atomic E-state index is 0.0336. The fourth-order valence-electron chi connectivity index (χ4n) is 5.51. The van der Waals surface area contributed by atoms with Gasteiger partial charge in [0.25, 0.3) is 5.91 Å². The van der Waals surface area contributed by atoms with E-state index >= 15 is 0 Å². The summed E-state index contributed by atoms with van der Waals surface area (Å²) < 4.78 is 0. The first-order valence-electron chi connectivity index (χ1n) is 10.1. The summed E-state index contributed by atoms with van der Waals surface area (Å²) in [6, 6.07) is 1.94. The highest BCUT2D eigenvalue weighted by atomic mass is 16.3. The number of aliphatic hydroxyl groups is 3. The molecule has 0 saturated carbocycles. The van der Waals surface area contributed by atoms with Crippen molar-refractivity contribution in [3.05, 3.63) is 51.5 Å². The molecule has 0 spiro atoms. The Balaban J connectivity index is 1.98. The van der Waals surface area contributed by atoms with E-state index in [1.807, 2.05) is 0 Å². The van der Waals surface area contributed by atoms with Crippen molar-refractivity contribution in [3.8, 4) is 5.75 Å². The van der Waals surface area contributed by atoms with Crippen LogP contribution >= 0.6 is 0 Å². The standard InChI is InChI=1S/C22H25N3O7/c1-25(2)16-11-6-9-5-10-8(7-23)3-4-12(26)14(10)17(27)13(9)19(29)22(11,32)20(30)15(18(16)28)21(24)31/h3-4,9,11,16,26,28-29,32H,5-7,23H2,1-2H3,(H2,24,31)/t9?,11?,16?,22-/m0/s1. The lowest BCUT2D eigenvalue weighted by Gasteiger charge is -2.50. The predicted molar refractivity (Wildman–Crippen MR) is 112 cm³/mol. The van der Waals surface area contributed by atoms with E-state index in [9.17, 15) is 34.8 Å². The Morgan fingerprint density at radius 3 is 2.44 bits per heavy atom. The second-order valence-electron chi connectivity index (χ2n) is 8.76. The number of primary amides is 1. The number of hydrogen-bond donors (Lipinski definition) is 6. The van der Waals surface area contributed by atoms with Crippen LogP contribution in [0.2, 0.25) is 0 Å². The number of phenolic OH excluding ortho intramolecular Hbond substituents is 1. The van der Waals surface area contributed by atoms with Gasteiger partial charge in [0.2, 0.25) is 5.78 Å². The summed E-state index contributed by atoms with van der Waals surface area (Å²) in [5.74, 6) is -6.66.